The maximum absolute atomic E-state index is 2.52. The molecule has 0 fully saturated rings. The van der Waals surface area contributed by atoms with E-state index in [0.29, 0.717) is 5.92 Å². The third-order valence-electron chi connectivity index (χ3n) is 17.2. The molecule has 2 nitrogen and oxygen atoms in total. The predicted octanol–water partition coefficient (Wildman–Crippen LogP) is 21.3. The second kappa shape index (κ2) is 18.1. The molecule has 0 saturated carbocycles. The Kier molecular flexibility index (Phi) is 11.3. The zero-order valence-electron chi connectivity index (χ0n) is 45.9. The molecule has 0 atom stereocenters. The Balaban J connectivity index is 1.14. The normalized spacial score (nSPS) is 13.8. The van der Waals surface area contributed by atoms with Gasteiger partial charge in [0.2, 0.25) is 0 Å². The van der Waals surface area contributed by atoms with Crippen molar-refractivity contribution in [3.63, 3.8) is 0 Å². The molecule has 0 amide bonds. The fourth-order valence-electron chi connectivity index (χ4n) is 13.0. The summed E-state index contributed by atoms with van der Waals surface area (Å²) in [7, 11) is 0. The Morgan fingerprint density at radius 1 is 0.325 bits per heavy atom. The first kappa shape index (κ1) is 48.2. The Morgan fingerprint density at radius 2 is 0.688 bits per heavy atom. The average Bonchev–Trinajstić information content (AvgIpc) is 3.88. The van der Waals surface area contributed by atoms with Crippen molar-refractivity contribution < 1.29 is 0 Å². The maximum Gasteiger partial charge on any atom is 0.0468 e. The van der Waals surface area contributed by atoms with Gasteiger partial charge in [-0.2, -0.15) is 0 Å². The molecule has 0 saturated heterocycles. The predicted molar refractivity (Wildman–Crippen MR) is 330 cm³/mol. The summed E-state index contributed by atoms with van der Waals surface area (Å²) in [6.07, 6.45) is 0. The molecule has 376 valence electrons. The lowest BCUT2D eigenvalue weighted by atomic mass is 9.79. The van der Waals surface area contributed by atoms with Crippen molar-refractivity contribution in [2.75, 3.05) is 9.80 Å². The summed E-state index contributed by atoms with van der Waals surface area (Å²) >= 11 is 0. The van der Waals surface area contributed by atoms with Crippen LogP contribution in [-0.4, -0.2) is 0 Å². The lowest BCUT2D eigenvalue weighted by Gasteiger charge is -2.29. The SMILES string of the molecule is CC(C)c1ccc(N(c2ccc(C(C)(C)C)cc2)c2ccc3c(-c4ccc5c(c4)C(C)(C)c4ccccc4-5)c4cc(N(c5ccccc5)c5ccccc5)ccc4c(-c4ccc5c(c4)C(C)(C)c4ccccc4-5)c3c2)cc1. The molecule has 2 heteroatoms. The molecule has 11 aromatic rings. The van der Waals surface area contributed by atoms with Crippen LogP contribution in [0.15, 0.2) is 231 Å². The number of hydrogen-bond donors (Lipinski definition) is 0. The van der Waals surface area contributed by atoms with Crippen LogP contribution in [0.25, 0.3) is 66.1 Å². The van der Waals surface area contributed by atoms with Gasteiger partial charge < -0.3 is 9.80 Å². The van der Waals surface area contributed by atoms with Crippen LogP contribution in [-0.2, 0) is 16.2 Å². The molecule has 2 aliphatic carbocycles. The van der Waals surface area contributed by atoms with Gasteiger partial charge in [0.05, 0.1) is 0 Å². The number of para-hydroxylation sites is 2. The van der Waals surface area contributed by atoms with Crippen LogP contribution in [0.1, 0.15) is 102 Å². The molecule has 2 aliphatic rings. The number of fused-ring (bicyclic) bond motifs is 8. The van der Waals surface area contributed by atoms with E-state index in [4.69, 9.17) is 0 Å². The highest BCUT2D eigenvalue weighted by molar-refractivity contribution is 6.23. The van der Waals surface area contributed by atoms with E-state index in [2.05, 4.69) is 303 Å². The summed E-state index contributed by atoms with van der Waals surface area (Å²) in [6, 6.07) is 87.2. The third-order valence-corrected chi connectivity index (χ3v) is 17.2. The van der Waals surface area contributed by atoms with Crippen molar-refractivity contribution in [3.8, 4) is 44.5 Å². The minimum atomic E-state index is -0.176. The number of rotatable bonds is 9. The molecule has 0 heterocycles. The summed E-state index contributed by atoms with van der Waals surface area (Å²) in [5.74, 6) is 0.426. The van der Waals surface area contributed by atoms with E-state index in [1.165, 1.54) is 99.4 Å². The van der Waals surface area contributed by atoms with Crippen molar-refractivity contribution in [1.82, 2.24) is 0 Å². The molecule has 11 aromatic carbocycles. The van der Waals surface area contributed by atoms with Gasteiger partial charge in [-0.25, -0.2) is 0 Å². The summed E-state index contributed by atoms with van der Waals surface area (Å²) < 4.78 is 0. The fraction of sp³-hybridized carbons (Fsp3) is 0.173. The van der Waals surface area contributed by atoms with E-state index < -0.39 is 0 Å². The quantitative estimate of drug-likeness (QED) is 0.133. The van der Waals surface area contributed by atoms with Gasteiger partial charge in [-0.05, 0) is 196 Å². The lowest BCUT2D eigenvalue weighted by molar-refractivity contribution is 0.590. The van der Waals surface area contributed by atoms with Crippen LogP contribution in [0.4, 0.5) is 34.1 Å². The van der Waals surface area contributed by atoms with Gasteiger partial charge in [-0.3, -0.25) is 0 Å². The first-order chi connectivity index (χ1) is 37.2. The van der Waals surface area contributed by atoms with E-state index in [9.17, 15) is 0 Å². The van der Waals surface area contributed by atoms with E-state index in [-0.39, 0.29) is 16.2 Å². The molecule has 0 N–H and O–H groups in total. The molecule has 0 unspecified atom stereocenters. The minimum Gasteiger partial charge on any atom is -0.310 e. The van der Waals surface area contributed by atoms with Crippen LogP contribution < -0.4 is 9.80 Å². The first-order valence-corrected chi connectivity index (χ1v) is 27.6. The monoisotopic (exact) mass is 995 g/mol. The topological polar surface area (TPSA) is 6.48 Å². The highest BCUT2D eigenvalue weighted by Crippen LogP contribution is 2.55. The van der Waals surface area contributed by atoms with E-state index >= 15 is 0 Å². The molecule has 13 rings (SSSR count). The Morgan fingerprint density at radius 3 is 1.10 bits per heavy atom. The molecule has 0 radical (unpaired) electrons. The van der Waals surface area contributed by atoms with Gasteiger partial charge >= 0.3 is 0 Å². The number of anilines is 6. The van der Waals surface area contributed by atoms with Crippen molar-refractivity contribution in [3.05, 3.63) is 264 Å². The van der Waals surface area contributed by atoms with Crippen LogP contribution in [0.5, 0.6) is 0 Å². The zero-order valence-corrected chi connectivity index (χ0v) is 45.9. The zero-order chi connectivity index (χ0) is 53.0. The van der Waals surface area contributed by atoms with Gasteiger partial charge in [0.25, 0.3) is 0 Å². The van der Waals surface area contributed by atoms with Crippen molar-refractivity contribution in [2.45, 2.75) is 84.5 Å². The fourth-order valence-corrected chi connectivity index (χ4v) is 13.0. The van der Waals surface area contributed by atoms with E-state index in [1.54, 1.807) is 0 Å². The molecular weight excluding hydrogens is 929 g/mol. The van der Waals surface area contributed by atoms with Gasteiger partial charge in [0, 0.05) is 45.0 Å². The second-order valence-electron chi connectivity index (χ2n) is 24.0. The van der Waals surface area contributed by atoms with Crippen molar-refractivity contribution in [1.29, 1.82) is 0 Å². The number of nitrogens with zero attached hydrogens (tertiary/aromatic N) is 2. The molecule has 77 heavy (non-hydrogen) atoms. The van der Waals surface area contributed by atoms with Gasteiger partial charge in [0.1, 0.15) is 0 Å². The van der Waals surface area contributed by atoms with Crippen LogP contribution in [0.3, 0.4) is 0 Å². The highest BCUT2D eigenvalue weighted by Gasteiger charge is 2.37. The Labute approximate surface area is 456 Å². The minimum absolute atomic E-state index is 0.0258. The molecule has 0 aliphatic heterocycles. The molecular formula is C75H66N2. The van der Waals surface area contributed by atoms with Crippen LogP contribution >= 0.6 is 0 Å². The Bertz CT molecular complexity index is 4040. The lowest BCUT2D eigenvalue weighted by Crippen LogP contribution is -2.15. The highest BCUT2D eigenvalue weighted by atomic mass is 15.1. The van der Waals surface area contributed by atoms with Gasteiger partial charge in [-0.1, -0.05) is 208 Å². The smallest absolute Gasteiger partial charge is 0.0468 e. The summed E-state index contributed by atoms with van der Waals surface area (Å²) in [6.45, 7) is 21.0. The third kappa shape index (κ3) is 7.91. The molecule has 0 spiro atoms. The van der Waals surface area contributed by atoms with Crippen LogP contribution in [0.2, 0.25) is 0 Å². The Hall–Kier alpha value is -8.46. The average molecular weight is 995 g/mol. The summed E-state index contributed by atoms with van der Waals surface area (Å²) in [5.41, 5.74) is 24.7. The molecule has 0 aromatic heterocycles. The van der Waals surface area contributed by atoms with Crippen molar-refractivity contribution >= 4 is 55.7 Å². The standard InChI is InChI=1S/C75H66N2/c1-48(2)49-28-34-55(35-29-49)77(56-36-32-52(33-37-56)73(3,4)5)58-39-43-64-66(47-58)72(51-31-41-62-60-25-17-19-27-68(60)75(8,9)70(62)45-51)63-42-38-57(76(53-20-12-10-13-21-53)54-22-14-11-15-23-54)46-65(63)71(64)50-30-40-61-59-24-16-18-26-67(59)74(6,7)69(61)44-50/h10-48H,1-9H3. The summed E-state index contributed by atoms with van der Waals surface area (Å²) in [4.78, 5) is 4.86. The van der Waals surface area contributed by atoms with Gasteiger partial charge in [-0.15, -0.1) is 0 Å². The number of hydrogen-bond acceptors (Lipinski definition) is 2. The van der Waals surface area contributed by atoms with Gasteiger partial charge in [0.15, 0.2) is 0 Å². The second-order valence-corrected chi connectivity index (χ2v) is 24.0. The number of benzene rings is 11. The van der Waals surface area contributed by atoms with E-state index in [0.717, 1.165) is 34.1 Å². The van der Waals surface area contributed by atoms with Crippen LogP contribution in [0, 0.1) is 0 Å². The first-order valence-electron chi connectivity index (χ1n) is 27.6. The summed E-state index contributed by atoms with van der Waals surface area (Å²) in [5, 5.41) is 4.86. The maximum atomic E-state index is 2.52. The molecule has 0 bridgehead atoms. The largest absolute Gasteiger partial charge is 0.310 e. The van der Waals surface area contributed by atoms with E-state index in [1.807, 2.05) is 0 Å². The van der Waals surface area contributed by atoms with Crippen molar-refractivity contribution in [2.24, 2.45) is 0 Å².